The van der Waals surface area contributed by atoms with Crippen molar-refractivity contribution in [2.75, 3.05) is 6.54 Å². The average molecular weight is 453 g/mol. The molecule has 5 N–H and O–H groups in total. The predicted octanol–water partition coefficient (Wildman–Crippen LogP) is 4.90. The maximum Gasteiger partial charge on any atom is 0.331 e. The number of fused-ring (bicyclic) bond motifs is 2. The fourth-order valence-corrected chi connectivity index (χ4v) is 4.92. The van der Waals surface area contributed by atoms with E-state index in [-0.39, 0.29) is 5.69 Å². The van der Waals surface area contributed by atoms with Crippen LogP contribution in [0.2, 0.25) is 0 Å². The van der Waals surface area contributed by atoms with Crippen LogP contribution in [0.5, 0.6) is 0 Å². The normalized spacial score (nSPS) is 11.4. The van der Waals surface area contributed by atoms with Gasteiger partial charge in [-0.3, -0.25) is 0 Å². The number of H-pyrrole nitrogens is 3. The molecule has 3 heterocycles. The summed E-state index contributed by atoms with van der Waals surface area (Å²) < 4.78 is 1.55. The fraction of sp³-hybridized carbons (Fsp3) is 0.259. The molecule has 0 amide bonds. The summed E-state index contributed by atoms with van der Waals surface area (Å²) in [5, 5.41) is 12.2. The highest BCUT2D eigenvalue weighted by Crippen LogP contribution is 2.36. The van der Waals surface area contributed by atoms with Crippen molar-refractivity contribution in [3.8, 4) is 23.0 Å². The minimum absolute atomic E-state index is 0.313. The van der Waals surface area contributed by atoms with E-state index in [1.54, 1.807) is 4.57 Å². The molecule has 5 rings (SSSR count). The van der Waals surface area contributed by atoms with Crippen molar-refractivity contribution in [2.24, 2.45) is 5.73 Å². The van der Waals surface area contributed by atoms with Gasteiger partial charge < -0.3 is 20.7 Å². The summed E-state index contributed by atoms with van der Waals surface area (Å²) in [4.78, 5) is 23.4. The molecule has 0 bridgehead atoms. The summed E-state index contributed by atoms with van der Waals surface area (Å²) in [5.74, 6) is 0. The zero-order valence-corrected chi connectivity index (χ0v) is 19.2. The number of unbranched alkanes of at least 4 members (excludes halogenated alkanes) is 1. The molecule has 34 heavy (non-hydrogen) atoms. The van der Waals surface area contributed by atoms with Crippen LogP contribution in [0.15, 0.2) is 53.3 Å². The lowest BCUT2D eigenvalue weighted by atomic mass is 10.0. The molecular formula is C27H28N6O. The van der Waals surface area contributed by atoms with E-state index in [2.05, 4.69) is 27.9 Å². The van der Waals surface area contributed by atoms with Crippen LogP contribution >= 0.6 is 0 Å². The number of rotatable bonds is 8. The fourth-order valence-electron chi connectivity index (χ4n) is 4.92. The van der Waals surface area contributed by atoms with Gasteiger partial charge in [0, 0.05) is 38.8 Å². The van der Waals surface area contributed by atoms with E-state index >= 15 is 0 Å². The molecule has 0 aliphatic carbocycles. The van der Waals surface area contributed by atoms with E-state index in [9.17, 15) is 10.1 Å². The minimum Gasteiger partial charge on any atom is -0.358 e. The van der Waals surface area contributed by atoms with Crippen LogP contribution < -0.4 is 11.4 Å². The molecule has 0 spiro atoms. The first-order chi connectivity index (χ1) is 16.7. The second-order valence-electron chi connectivity index (χ2n) is 8.62. The Morgan fingerprint density at radius 1 is 0.912 bits per heavy atom. The summed E-state index contributed by atoms with van der Waals surface area (Å²) in [6, 6.07) is 18.2. The van der Waals surface area contributed by atoms with E-state index in [0.717, 1.165) is 76.5 Å². The van der Waals surface area contributed by atoms with E-state index in [1.165, 1.54) is 0 Å². The number of para-hydroxylation sites is 2. The molecule has 0 radical (unpaired) electrons. The number of nitrogens with zero attached hydrogens (tertiary/aromatic N) is 2. The number of benzene rings is 2. The predicted molar refractivity (Wildman–Crippen MR) is 136 cm³/mol. The third-order valence-electron chi connectivity index (χ3n) is 6.39. The smallest absolute Gasteiger partial charge is 0.331 e. The zero-order valence-electron chi connectivity index (χ0n) is 19.2. The first-order valence-electron chi connectivity index (χ1n) is 11.8. The van der Waals surface area contributed by atoms with Crippen molar-refractivity contribution in [3.05, 3.63) is 76.1 Å². The number of hydrogen-bond donors (Lipinski definition) is 4. The Balaban J connectivity index is 1.78. The maximum atomic E-state index is 13.4. The molecule has 0 saturated carbocycles. The second kappa shape index (κ2) is 9.08. The number of aryl methyl sites for hydroxylation is 2. The van der Waals surface area contributed by atoms with Crippen LogP contribution in [-0.4, -0.2) is 26.1 Å². The molecule has 172 valence electrons. The number of aromatic nitrogens is 4. The Hall–Kier alpha value is -4.02. The summed E-state index contributed by atoms with van der Waals surface area (Å²) in [5.41, 5.74) is 11.8. The lowest BCUT2D eigenvalue weighted by molar-refractivity contribution is 0.737. The van der Waals surface area contributed by atoms with E-state index < -0.39 is 0 Å². The molecule has 0 aliphatic rings. The van der Waals surface area contributed by atoms with Crippen LogP contribution in [0.25, 0.3) is 38.8 Å². The molecule has 0 fully saturated rings. The van der Waals surface area contributed by atoms with Gasteiger partial charge in [0.2, 0.25) is 0 Å². The Labute approximate surface area is 197 Å². The molecule has 7 heteroatoms. The molecule has 0 saturated heterocycles. The van der Waals surface area contributed by atoms with Crippen LogP contribution in [-0.2, 0) is 12.8 Å². The van der Waals surface area contributed by atoms with Gasteiger partial charge in [-0.2, -0.15) is 5.26 Å². The highest BCUT2D eigenvalue weighted by Gasteiger charge is 2.25. The van der Waals surface area contributed by atoms with Gasteiger partial charge in [0.1, 0.15) is 6.07 Å². The number of nitriles is 1. The van der Waals surface area contributed by atoms with Crippen LogP contribution in [0, 0.1) is 11.3 Å². The van der Waals surface area contributed by atoms with Gasteiger partial charge in [0.05, 0.1) is 11.4 Å². The number of hydrogen-bond acceptors (Lipinski definition) is 3. The Kier molecular flexibility index (Phi) is 5.83. The van der Waals surface area contributed by atoms with Crippen molar-refractivity contribution in [1.29, 1.82) is 5.26 Å². The number of nitrogens with one attached hydrogen (secondary N) is 3. The van der Waals surface area contributed by atoms with Gasteiger partial charge in [-0.05, 0) is 44.4 Å². The molecule has 5 aromatic rings. The average Bonchev–Trinajstić information content (AvgIpc) is 3.49. The van der Waals surface area contributed by atoms with Gasteiger partial charge >= 0.3 is 5.69 Å². The summed E-state index contributed by atoms with van der Waals surface area (Å²) in [7, 11) is 0. The van der Waals surface area contributed by atoms with Gasteiger partial charge in [0.25, 0.3) is 0 Å². The molecule has 3 aromatic heterocycles. The highest BCUT2D eigenvalue weighted by molar-refractivity contribution is 5.98. The number of imidazole rings is 1. The highest BCUT2D eigenvalue weighted by atomic mass is 16.1. The number of nitrogens with two attached hydrogens (primary N) is 1. The zero-order chi connectivity index (χ0) is 23.7. The Morgan fingerprint density at radius 2 is 1.59 bits per heavy atom. The Morgan fingerprint density at radius 3 is 2.29 bits per heavy atom. The van der Waals surface area contributed by atoms with Gasteiger partial charge in [-0.25, -0.2) is 9.36 Å². The van der Waals surface area contributed by atoms with Crippen molar-refractivity contribution in [3.63, 3.8) is 0 Å². The monoisotopic (exact) mass is 452 g/mol. The lowest BCUT2D eigenvalue weighted by Crippen LogP contribution is -2.17. The standard InChI is InChI=1S/C27H28N6O/c1-2-9-22-26(18-11-4-6-13-20(18)31-22)33-23(16-29)25(32-27(33)34)24-17-10-3-5-12-19(17)30-21(24)14-7-8-15-28/h3-6,10-13,30-31H,2,7-9,14-15,28H2,1H3,(H,32,34). The minimum atomic E-state index is -0.313. The topological polar surface area (TPSA) is 119 Å². The lowest BCUT2D eigenvalue weighted by Gasteiger charge is -2.07. The van der Waals surface area contributed by atoms with Crippen LogP contribution in [0.4, 0.5) is 0 Å². The summed E-state index contributed by atoms with van der Waals surface area (Å²) in [6.45, 7) is 2.73. The quantitative estimate of drug-likeness (QED) is 0.251. The van der Waals surface area contributed by atoms with Gasteiger partial charge in [-0.1, -0.05) is 49.7 Å². The molecule has 7 nitrogen and oxygen atoms in total. The Bertz CT molecular complexity index is 1570. The van der Waals surface area contributed by atoms with Crippen LogP contribution in [0.3, 0.4) is 0 Å². The SMILES string of the molecule is CCCc1[nH]c2ccccc2c1-n1c(C#N)c(-c2c(CCCCN)[nH]c3ccccc23)[nH]c1=O. The molecular weight excluding hydrogens is 424 g/mol. The first-order valence-corrected chi connectivity index (χ1v) is 11.8. The summed E-state index contributed by atoms with van der Waals surface area (Å²) in [6.07, 6.45) is 4.31. The van der Waals surface area contributed by atoms with E-state index in [4.69, 9.17) is 5.73 Å². The first kappa shape index (κ1) is 21.8. The molecule has 0 unspecified atom stereocenters. The molecule has 2 aromatic carbocycles. The third-order valence-corrected chi connectivity index (χ3v) is 6.39. The van der Waals surface area contributed by atoms with Crippen molar-refractivity contribution >= 4 is 21.8 Å². The largest absolute Gasteiger partial charge is 0.358 e. The van der Waals surface area contributed by atoms with Crippen molar-refractivity contribution < 1.29 is 0 Å². The van der Waals surface area contributed by atoms with E-state index in [1.807, 2.05) is 48.5 Å². The second-order valence-corrected chi connectivity index (χ2v) is 8.62. The summed E-state index contributed by atoms with van der Waals surface area (Å²) >= 11 is 0. The number of aromatic amines is 3. The molecule has 0 atom stereocenters. The molecule has 0 aliphatic heterocycles. The van der Waals surface area contributed by atoms with Gasteiger partial charge in [0.15, 0.2) is 5.69 Å². The van der Waals surface area contributed by atoms with Crippen LogP contribution in [0.1, 0.15) is 43.3 Å². The third kappa shape index (κ3) is 3.53. The van der Waals surface area contributed by atoms with Gasteiger partial charge in [-0.15, -0.1) is 0 Å². The van der Waals surface area contributed by atoms with Crippen molar-refractivity contribution in [1.82, 2.24) is 19.5 Å². The van der Waals surface area contributed by atoms with Crippen molar-refractivity contribution in [2.45, 2.75) is 39.0 Å². The maximum absolute atomic E-state index is 13.4. The van der Waals surface area contributed by atoms with E-state index in [0.29, 0.717) is 17.9 Å².